The number of amides is 1. The molecule has 1 amide bonds. The molecule has 0 radical (unpaired) electrons. The van der Waals surface area contributed by atoms with Crippen molar-refractivity contribution < 1.29 is 9.53 Å². The number of fused-ring (bicyclic) bond motifs is 2. The highest BCUT2D eigenvalue weighted by molar-refractivity contribution is 5.93. The summed E-state index contributed by atoms with van der Waals surface area (Å²) in [6.07, 6.45) is 7.86. The molecule has 0 bridgehead atoms. The van der Waals surface area contributed by atoms with Crippen LogP contribution in [-0.2, 0) is 22.4 Å². The molecule has 1 heterocycles. The van der Waals surface area contributed by atoms with Crippen molar-refractivity contribution in [3.8, 4) is 0 Å². The van der Waals surface area contributed by atoms with E-state index in [4.69, 9.17) is 4.74 Å². The van der Waals surface area contributed by atoms with Gasteiger partial charge in [0.05, 0.1) is 12.7 Å². The second-order valence-electron chi connectivity index (χ2n) is 7.12. The number of anilines is 1. The molecule has 2 aliphatic carbocycles. The van der Waals surface area contributed by atoms with E-state index in [1.807, 2.05) is 0 Å². The van der Waals surface area contributed by atoms with Gasteiger partial charge in [-0.15, -0.1) is 12.4 Å². The Balaban J connectivity index is 0.00000169. The molecule has 132 valence electrons. The Morgan fingerprint density at radius 1 is 1.21 bits per heavy atom. The number of ether oxygens (including phenoxy) is 1. The molecule has 24 heavy (non-hydrogen) atoms. The van der Waals surface area contributed by atoms with Crippen LogP contribution in [-0.4, -0.2) is 31.2 Å². The van der Waals surface area contributed by atoms with Crippen molar-refractivity contribution in [1.82, 2.24) is 5.32 Å². The standard InChI is InChI=1S/C19H26N2O2.ClH/c22-19(14-8-9-18-17(12-14)20-10-11-23-18)21-16-7-3-5-13-4-1-2-6-15(13)16;/h3,5,7,14,17-18,20H,1-2,4,6,8-12H2,(H,21,22);1H/t14-,17+,18+;/m0./s1. The first-order valence-electron chi connectivity index (χ1n) is 9.08. The monoisotopic (exact) mass is 350 g/mol. The Labute approximate surface area is 150 Å². The molecule has 1 saturated carbocycles. The van der Waals surface area contributed by atoms with Gasteiger partial charge in [-0.05, 0) is 62.1 Å². The van der Waals surface area contributed by atoms with E-state index in [-0.39, 0.29) is 24.2 Å². The van der Waals surface area contributed by atoms with Gasteiger partial charge in [0.2, 0.25) is 5.91 Å². The van der Waals surface area contributed by atoms with Crippen molar-refractivity contribution in [3.05, 3.63) is 29.3 Å². The largest absolute Gasteiger partial charge is 0.375 e. The fourth-order valence-electron chi connectivity index (χ4n) is 4.38. The molecular formula is C19H27ClN2O2. The molecule has 4 rings (SSSR count). The number of hydrogen-bond acceptors (Lipinski definition) is 3. The number of halogens is 1. The summed E-state index contributed by atoms with van der Waals surface area (Å²) in [5.41, 5.74) is 3.82. The van der Waals surface area contributed by atoms with Crippen LogP contribution in [0.2, 0.25) is 0 Å². The third kappa shape index (κ3) is 3.61. The van der Waals surface area contributed by atoms with E-state index in [1.165, 1.54) is 24.0 Å². The van der Waals surface area contributed by atoms with E-state index >= 15 is 0 Å². The topological polar surface area (TPSA) is 50.4 Å². The molecule has 0 spiro atoms. The van der Waals surface area contributed by atoms with Crippen molar-refractivity contribution in [2.75, 3.05) is 18.5 Å². The van der Waals surface area contributed by atoms with Crippen molar-refractivity contribution in [2.45, 2.75) is 57.1 Å². The van der Waals surface area contributed by atoms with Gasteiger partial charge in [0.15, 0.2) is 0 Å². The summed E-state index contributed by atoms with van der Waals surface area (Å²) in [5.74, 6) is 0.291. The lowest BCUT2D eigenvalue weighted by Crippen LogP contribution is -2.52. The molecule has 0 aromatic heterocycles. The maximum Gasteiger partial charge on any atom is 0.227 e. The van der Waals surface area contributed by atoms with E-state index in [2.05, 4.69) is 28.8 Å². The van der Waals surface area contributed by atoms with Crippen LogP contribution >= 0.6 is 12.4 Å². The van der Waals surface area contributed by atoms with E-state index in [9.17, 15) is 4.79 Å². The van der Waals surface area contributed by atoms with Crippen molar-refractivity contribution >= 4 is 24.0 Å². The van der Waals surface area contributed by atoms with Gasteiger partial charge < -0.3 is 15.4 Å². The van der Waals surface area contributed by atoms with Crippen LogP contribution in [0.3, 0.4) is 0 Å². The summed E-state index contributed by atoms with van der Waals surface area (Å²) in [7, 11) is 0. The van der Waals surface area contributed by atoms with Crippen molar-refractivity contribution in [1.29, 1.82) is 0 Å². The van der Waals surface area contributed by atoms with Gasteiger partial charge in [-0.1, -0.05) is 12.1 Å². The third-order valence-electron chi connectivity index (χ3n) is 5.65. The number of benzene rings is 1. The second-order valence-corrected chi connectivity index (χ2v) is 7.12. The molecule has 1 aliphatic heterocycles. The van der Waals surface area contributed by atoms with Gasteiger partial charge in [0.1, 0.15) is 0 Å². The number of carbonyl (C=O) groups excluding carboxylic acids is 1. The predicted molar refractivity (Wildman–Crippen MR) is 97.8 cm³/mol. The molecule has 5 heteroatoms. The van der Waals surface area contributed by atoms with Crippen LogP contribution in [0.5, 0.6) is 0 Å². The first-order chi connectivity index (χ1) is 11.3. The highest BCUT2D eigenvalue weighted by Gasteiger charge is 2.36. The van der Waals surface area contributed by atoms with Gasteiger partial charge >= 0.3 is 0 Å². The predicted octanol–water partition coefficient (Wildman–Crippen LogP) is 3.08. The van der Waals surface area contributed by atoms with Crippen LogP contribution in [0, 0.1) is 5.92 Å². The SMILES string of the molecule is Cl.O=C(Nc1cccc2c1CCCC2)[C@H]1CC[C@H]2OCCN[C@@H]2C1. The number of morpholine rings is 1. The Bertz CT molecular complexity index is 593. The normalized spacial score (nSPS) is 28.9. The van der Waals surface area contributed by atoms with Gasteiger partial charge in [-0.25, -0.2) is 0 Å². The highest BCUT2D eigenvalue weighted by Crippen LogP contribution is 2.31. The molecule has 0 unspecified atom stereocenters. The van der Waals surface area contributed by atoms with Crippen LogP contribution in [0.25, 0.3) is 0 Å². The Kier molecular flexibility index (Phi) is 5.80. The molecule has 3 atom stereocenters. The number of rotatable bonds is 2. The van der Waals surface area contributed by atoms with Crippen molar-refractivity contribution in [2.24, 2.45) is 5.92 Å². The average molecular weight is 351 g/mol. The summed E-state index contributed by atoms with van der Waals surface area (Å²) in [6, 6.07) is 6.69. The molecule has 1 aromatic rings. The zero-order valence-electron chi connectivity index (χ0n) is 14.1. The van der Waals surface area contributed by atoms with Gasteiger partial charge in [0.25, 0.3) is 0 Å². The highest BCUT2D eigenvalue weighted by atomic mass is 35.5. The van der Waals surface area contributed by atoms with Crippen molar-refractivity contribution in [3.63, 3.8) is 0 Å². The second kappa shape index (κ2) is 7.85. The Morgan fingerprint density at radius 3 is 3.00 bits per heavy atom. The molecule has 2 N–H and O–H groups in total. The van der Waals surface area contributed by atoms with E-state index in [1.54, 1.807) is 0 Å². The number of carbonyl (C=O) groups is 1. The third-order valence-corrected chi connectivity index (χ3v) is 5.65. The fourth-order valence-corrected chi connectivity index (χ4v) is 4.38. The molecule has 1 aromatic carbocycles. The summed E-state index contributed by atoms with van der Waals surface area (Å²) < 4.78 is 5.81. The van der Waals surface area contributed by atoms with Crippen LogP contribution in [0.15, 0.2) is 18.2 Å². The van der Waals surface area contributed by atoms with Crippen LogP contribution in [0.4, 0.5) is 5.69 Å². The summed E-state index contributed by atoms with van der Waals surface area (Å²) in [6.45, 7) is 1.70. The van der Waals surface area contributed by atoms with Gasteiger partial charge in [-0.3, -0.25) is 4.79 Å². The zero-order chi connectivity index (χ0) is 15.6. The van der Waals surface area contributed by atoms with Gasteiger partial charge in [-0.2, -0.15) is 0 Å². The molecule has 2 fully saturated rings. The first-order valence-corrected chi connectivity index (χ1v) is 9.08. The quantitative estimate of drug-likeness (QED) is 0.861. The maximum atomic E-state index is 12.7. The Morgan fingerprint density at radius 2 is 2.08 bits per heavy atom. The number of nitrogens with one attached hydrogen (secondary N) is 2. The van der Waals surface area contributed by atoms with Crippen LogP contribution < -0.4 is 10.6 Å². The van der Waals surface area contributed by atoms with E-state index < -0.39 is 0 Å². The molecule has 1 saturated heterocycles. The minimum absolute atomic E-state index is 0. The summed E-state index contributed by atoms with van der Waals surface area (Å²) >= 11 is 0. The average Bonchev–Trinajstić information content (AvgIpc) is 2.61. The lowest BCUT2D eigenvalue weighted by Gasteiger charge is -2.39. The van der Waals surface area contributed by atoms with E-state index in [0.29, 0.717) is 12.1 Å². The fraction of sp³-hybridized carbons (Fsp3) is 0.632. The van der Waals surface area contributed by atoms with E-state index in [0.717, 1.165) is 50.9 Å². The Hall–Kier alpha value is -1.10. The summed E-state index contributed by atoms with van der Waals surface area (Å²) in [4.78, 5) is 12.7. The number of hydrogen-bond donors (Lipinski definition) is 2. The molecule has 4 nitrogen and oxygen atoms in total. The lowest BCUT2D eigenvalue weighted by molar-refractivity contribution is -0.123. The minimum atomic E-state index is 0. The zero-order valence-corrected chi connectivity index (χ0v) is 14.9. The first kappa shape index (κ1) is 17.7. The van der Waals surface area contributed by atoms with Gasteiger partial charge in [0, 0.05) is 24.2 Å². The number of aryl methyl sites for hydroxylation is 1. The lowest BCUT2D eigenvalue weighted by atomic mass is 9.82. The molecule has 3 aliphatic rings. The van der Waals surface area contributed by atoms with Crippen LogP contribution in [0.1, 0.15) is 43.2 Å². The maximum absolute atomic E-state index is 12.7. The smallest absolute Gasteiger partial charge is 0.227 e. The molecular weight excluding hydrogens is 324 g/mol. The summed E-state index contributed by atoms with van der Waals surface area (Å²) in [5, 5.41) is 6.74. The minimum Gasteiger partial charge on any atom is -0.375 e.